The van der Waals surface area contributed by atoms with Crippen LogP contribution in [0.5, 0.6) is 0 Å². The molecule has 1 aromatic carbocycles. The van der Waals surface area contributed by atoms with Crippen LogP contribution in [0.1, 0.15) is 10.4 Å². The number of hydrogen-bond donors (Lipinski definition) is 0. The molecule has 0 radical (unpaired) electrons. The van der Waals surface area contributed by atoms with E-state index in [1.165, 1.54) is 19.2 Å². The third kappa shape index (κ3) is 3.16. The van der Waals surface area contributed by atoms with Crippen molar-refractivity contribution >= 4 is 19.3 Å². The van der Waals surface area contributed by atoms with Gasteiger partial charge in [0.15, 0.2) is 0 Å². The van der Waals surface area contributed by atoms with Gasteiger partial charge in [0, 0.05) is 0 Å². The number of hydrogen-bond acceptors (Lipinski definition) is 2. The highest BCUT2D eigenvalue weighted by atomic mass is 19.1. The molecule has 78 valence electrons. The number of benzene rings is 1. The number of halogens is 1. The highest BCUT2D eigenvalue weighted by Gasteiger charge is 2.06. The predicted octanol–water partition coefficient (Wildman–Crippen LogP) is -1.78. The molecule has 0 spiro atoms. The van der Waals surface area contributed by atoms with Crippen LogP contribution in [0, 0.1) is 5.82 Å². The fourth-order valence-electron chi connectivity index (χ4n) is 0.838. The molecule has 4 N–H and O–H groups in total. The van der Waals surface area contributed by atoms with Crippen molar-refractivity contribution < 1.29 is 24.9 Å². The van der Waals surface area contributed by atoms with Crippen LogP contribution in [0.15, 0.2) is 18.2 Å². The molecule has 0 fully saturated rings. The summed E-state index contributed by atoms with van der Waals surface area (Å²) in [6.07, 6.45) is 0. The molecular weight excluding hydrogens is 190 g/mol. The second-order valence-electron chi connectivity index (χ2n) is 2.46. The summed E-state index contributed by atoms with van der Waals surface area (Å²) < 4.78 is 17.3. The van der Waals surface area contributed by atoms with Gasteiger partial charge < -0.3 is 15.7 Å². The molecule has 1 rings (SSSR count). The Morgan fingerprint density at radius 2 is 2.00 bits per heavy atom. The topological polar surface area (TPSA) is 89.3 Å². The van der Waals surface area contributed by atoms with Gasteiger partial charge in [-0.1, -0.05) is 11.5 Å². The van der Waals surface area contributed by atoms with Gasteiger partial charge in [0.2, 0.25) is 0 Å². The summed E-state index contributed by atoms with van der Waals surface area (Å²) >= 11 is 0. The first-order chi connectivity index (χ1) is 5.65. The van der Waals surface area contributed by atoms with Crippen LogP contribution in [0.25, 0.3) is 0 Å². The van der Waals surface area contributed by atoms with E-state index >= 15 is 0 Å². The number of ether oxygens (including phenoxy) is 1. The average Bonchev–Trinajstić information content (AvgIpc) is 2.08. The van der Waals surface area contributed by atoms with Gasteiger partial charge in [-0.3, -0.25) is 0 Å². The Morgan fingerprint density at radius 1 is 1.43 bits per heavy atom. The average molecular weight is 202 g/mol. The third-order valence-electron chi connectivity index (χ3n) is 1.59. The molecule has 0 aromatic heterocycles. The van der Waals surface area contributed by atoms with Gasteiger partial charge in [-0.05, 0) is 12.1 Å². The van der Waals surface area contributed by atoms with Crippen LogP contribution in [0.4, 0.5) is 4.39 Å². The first kappa shape index (κ1) is 15.1. The second kappa shape index (κ2) is 6.12. The number of carbonyl (C=O) groups excluding carboxylic acids is 1. The first-order valence-corrected chi connectivity index (χ1v) is 3.49. The third-order valence-corrected chi connectivity index (χ3v) is 1.59. The number of rotatable bonds is 1. The number of esters is 1. The lowest BCUT2D eigenvalue weighted by atomic mass is 9.94. The lowest BCUT2D eigenvalue weighted by molar-refractivity contribution is 0.0600. The van der Waals surface area contributed by atoms with E-state index in [4.69, 9.17) is 0 Å². The molecule has 1 aromatic rings. The van der Waals surface area contributed by atoms with Crippen molar-refractivity contribution in [2.45, 2.75) is 0 Å². The van der Waals surface area contributed by atoms with Crippen molar-refractivity contribution in [1.29, 1.82) is 0 Å². The zero-order valence-electron chi connectivity index (χ0n) is 7.93. The summed E-state index contributed by atoms with van der Waals surface area (Å²) in [5.74, 6) is -0.910. The molecule has 0 aliphatic rings. The van der Waals surface area contributed by atoms with Crippen molar-refractivity contribution in [2.24, 2.45) is 0 Å². The minimum Gasteiger partial charge on any atom is -0.465 e. The fraction of sp³-hybridized carbons (Fsp3) is 0.125. The van der Waals surface area contributed by atoms with E-state index in [-0.39, 0.29) is 16.5 Å². The Balaban J connectivity index is 0. The Labute approximate surface area is 81.7 Å². The molecule has 0 saturated heterocycles. The molecule has 0 aliphatic heterocycles. The molecule has 0 atom stereocenters. The van der Waals surface area contributed by atoms with Crippen molar-refractivity contribution in [3.63, 3.8) is 0 Å². The minimum atomic E-state index is -0.520. The van der Waals surface area contributed by atoms with E-state index in [1.54, 1.807) is 13.9 Å². The maximum Gasteiger partial charge on any atom is 0.337 e. The van der Waals surface area contributed by atoms with Crippen LogP contribution in [0.2, 0.25) is 0 Å². The van der Waals surface area contributed by atoms with Gasteiger partial charge >= 0.3 is 5.97 Å². The Morgan fingerprint density at radius 3 is 2.43 bits per heavy atom. The molecule has 0 amide bonds. The highest BCUT2D eigenvalue weighted by molar-refractivity contribution is 6.32. The maximum atomic E-state index is 12.9. The Kier molecular flexibility index (Phi) is 6.60. The molecule has 0 unspecified atom stereocenters. The molecule has 4 nitrogen and oxygen atoms in total. The highest BCUT2D eigenvalue weighted by Crippen LogP contribution is 2.02. The van der Waals surface area contributed by atoms with Gasteiger partial charge in [-0.15, -0.1) is 0 Å². The maximum absolute atomic E-state index is 12.9. The fourth-order valence-corrected chi connectivity index (χ4v) is 0.838. The summed E-state index contributed by atoms with van der Waals surface area (Å²) in [5, 5.41) is 0. The zero-order valence-corrected chi connectivity index (χ0v) is 7.93. The molecule has 6 heteroatoms. The van der Waals surface area contributed by atoms with Crippen LogP contribution < -0.4 is 5.46 Å². The first-order valence-electron chi connectivity index (χ1n) is 3.49. The number of methoxy groups -OCH3 is 1. The standard InChI is InChI=1S/C8H8BFO2.2H2O/c1-12-8(11)5-2-3-6(9)7(10)4-5;;/h2-4H,9H2,1H3;2*1H2. The summed E-state index contributed by atoms with van der Waals surface area (Å²) in [4.78, 5) is 10.9. The van der Waals surface area contributed by atoms with Crippen molar-refractivity contribution in [2.75, 3.05) is 7.11 Å². The summed E-state index contributed by atoms with van der Waals surface area (Å²) in [5.41, 5.74) is 0.753. The van der Waals surface area contributed by atoms with E-state index < -0.39 is 11.8 Å². The van der Waals surface area contributed by atoms with Crippen LogP contribution in [-0.4, -0.2) is 31.9 Å². The molecule has 0 heterocycles. The second-order valence-corrected chi connectivity index (χ2v) is 2.46. The van der Waals surface area contributed by atoms with Crippen molar-refractivity contribution in [1.82, 2.24) is 0 Å². The zero-order chi connectivity index (χ0) is 9.14. The predicted molar refractivity (Wildman–Crippen MR) is 53.1 cm³/mol. The van der Waals surface area contributed by atoms with Gasteiger partial charge in [0.25, 0.3) is 0 Å². The SMILES string of the molecule is Bc1ccc(C(=O)OC)cc1F.O.O. The van der Waals surface area contributed by atoms with E-state index in [0.717, 1.165) is 0 Å². The van der Waals surface area contributed by atoms with Crippen molar-refractivity contribution in [3.05, 3.63) is 29.6 Å². The molecule has 0 saturated carbocycles. The summed E-state index contributed by atoms with van der Waals surface area (Å²) in [6.45, 7) is 0. The van der Waals surface area contributed by atoms with Gasteiger partial charge in [0.1, 0.15) is 13.7 Å². The molecule has 0 bridgehead atoms. The summed E-state index contributed by atoms with van der Waals surface area (Å²) in [7, 11) is 2.90. The van der Waals surface area contributed by atoms with E-state index in [2.05, 4.69) is 4.74 Å². The Bertz CT molecular complexity index is 316. The molecule has 0 aliphatic carbocycles. The normalized spacial score (nSPS) is 8.14. The lowest BCUT2D eigenvalue weighted by Gasteiger charge is -2.00. The van der Waals surface area contributed by atoms with E-state index in [9.17, 15) is 9.18 Å². The van der Waals surface area contributed by atoms with Crippen LogP contribution >= 0.6 is 0 Å². The largest absolute Gasteiger partial charge is 0.465 e. The smallest absolute Gasteiger partial charge is 0.337 e. The molecular formula is C8H12BFO4. The Hall–Kier alpha value is -1.40. The van der Waals surface area contributed by atoms with Gasteiger partial charge in [-0.2, -0.15) is 0 Å². The van der Waals surface area contributed by atoms with Crippen LogP contribution in [0.3, 0.4) is 0 Å². The van der Waals surface area contributed by atoms with E-state index in [0.29, 0.717) is 5.46 Å². The summed E-state index contributed by atoms with van der Waals surface area (Å²) in [6, 6.07) is 4.24. The van der Waals surface area contributed by atoms with Gasteiger partial charge in [-0.25, -0.2) is 9.18 Å². The van der Waals surface area contributed by atoms with Crippen LogP contribution in [-0.2, 0) is 4.74 Å². The molecule has 14 heavy (non-hydrogen) atoms. The minimum absolute atomic E-state index is 0. The lowest BCUT2D eigenvalue weighted by Crippen LogP contribution is -2.11. The van der Waals surface area contributed by atoms with Gasteiger partial charge in [0.05, 0.1) is 12.7 Å². The quantitative estimate of drug-likeness (QED) is 0.398. The number of carbonyl (C=O) groups is 1. The van der Waals surface area contributed by atoms with Crippen molar-refractivity contribution in [3.8, 4) is 0 Å². The monoisotopic (exact) mass is 202 g/mol. The van der Waals surface area contributed by atoms with E-state index in [1.807, 2.05) is 0 Å².